The van der Waals surface area contributed by atoms with Crippen LogP contribution in [0.1, 0.15) is 129 Å². The Labute approximate surface area is 304 Å². The largest absolute Gasteiger partial charge is 0.478 e. The van der Waals surface area contributed by atoms with Gasteiger partial charge in [0, 0.05) is 35.4 Å². The van der Waals surface area contributed by atoms with Crippen LogP contribution in [0.3, 0.4) is 0 Å². The third-order valence-electron chi connectivity index (χ3n) is 15.5. The van der Waals surface area contributed by atoms with Gasteiger partial charge in [-0.2, -0.15) is 0 Å². The van der Waals surface area contributed by atoms with Crippen molar-refractivity contribution in [3.63, 3.8) is 0 Å². The molecule has 5 nitrogen and oxygen atoms in total. The minimum Gasteiger partial charge on any atom is -0.478 e. The third-order valence-corrected chi connectivity index (χ3v) is 16.8. The van der Waals surface area contributed by atoms with E-state index in [-0.39, 0.29) is 22.2 Å². The molecule has 1 aromatic rings. The highest BCUT2D eigenvalue weighted by atomic mass is 32.2. The highest BCUT2D eigenvalue weighted by Gasteiger charge is 2.69. The first kappa shape index (κ1) is 37.3. The SMILES string of the molecule is C=C(C)C.CC1(C)C(c2ccc(C(=O)O)cc2)=CC[C@@]2(C)C1CC[C@]1(C)C2CC[C@@H]2[C@H]3CCC[C@]3(/C=C/C(=O)N3CCS(=O)CC3)CC[C@]21C. The molecule has 1 amide bonds. The summed E-state index contributed by atoms with van der Waals surface area (Å²) in [5.74, 6) is 3.12. The van der Waals surface area contributed by atoms with Crippen molar-refractivity contribution in [2.45, 2.75) is 113 Å². The van der Waals surface area contributed by atoms with Gasteiger partial charge in [0.05, 0.1) is 5.56 Å². The Kier molecular flexibility index (Phi) is 10.1. The number of benzene rings is 1. The fourth-order valence-electron chi connectivity index (χ4n) is 13.0. The van der Waals surface area contributed by atoms with E-state index in [0.29, 0.717) is 64.7 Å². The lowest BCUT2D eigenvalue weighted by atomic mass is 9.32. The molecular formula is C44H63NO4S. The standard InChI is InChI=1S/C40H55NO4S.C4H8/c1-36(2)29(27-8-10-28(11-9-27)35(43)44)14-18-37(3)32(36)15-19-39(5)33(37)13-12-30-31-7-6-17-40(31,22-21-38(30,39)4)20-16-34(42)41-23-25-46(45)26-24-41;1-4(2)3/h8-11,14,16,20,30-33H,6-7,12-13,15,17-19,21-26H2,1-5H3,(H,43,44);1H2,2-3H3/b20-16+;/t30-,31-,32?,33?,37+,38-,39-,40+;/m1./s1. The smallest absolute Gasteiger partial charge is 0.335 e. The maximum atomic E-state index is 13.2. The summed E-state index contributed by atoms with van der Waals surface area (Å²) in [5, 5.41) is 9.44. The molecule has 6 aliphatic rings. The molecule has 0 radical (unpaired) electrons. The third kappa shape index (κ3) is 6.11. The molecule has 0 aromatic heterocycles. The zero-order valence-corrected chi connectivity index (χ0v) is 32.8. The number of rotatable bonds is 4. The van der Waals surface area contributed by atoms with Crippen LogP contribution in [0.25, 0.3) is 5.57 Å². The van der Waals surface area contributed by atoms with Crippen LogP contribution in [0, 0.1) is 50.7 Å². The van der Waals surface area contributed by atoms with Crippen molar-refractivity contribution in [2.24, 2.45) is 50.7 Å². The number of carbonyl (C=O) groups excluding carboxylic acids is 1. The van der Waals surface area contributed by atoms with E-state index >= 15 is 0 Å². The van der Waals surface area contributed by atoms with E-state index in [1.165, 1.54) is 74.5 Å². The van der Waals surface area contributed by atoms with Crippen molar-refractivity contribution in [1.29, 1.82) is 0 Å². The molecule has 5 aliphatic carbocycles. The maximum Gasteiger partial charge on any atom is 0.335 e. The summed E-state index contributed by atoms with van der Waals surface area (Å²) in [7, 11) is -0.771. The van der Waals surface area contributed by atoms with Crippen LogP contribution >= 0.6 is 0 Å². The van der Waals surface area contributed by atoms with Gasteiger partial charge < -0.3 is 10.0 Å². The predicted octanol–water partition coefficient (Wildman–Crippen LogP) is 9.96. The molecule has 1 saturated heterocycles. The van der Waals surface area contributed by atoms with Crippen molar-refractivity contribution in [3.8, 4) is 0 Å². The van der Waals surface area contributed by atoms with E-state index in [1.807, 2.05) is 37.0 Å². The van der Waals surface area contributed by atoms with Crippen molar-refractivity contribution in [3.05, 3.63) is 65.8 Å². The van der Waals surface area contributed by atoms with E-state index in [0.717, 1.165) is 6.42 Å². The minimum absolute atomic E-state index is 0.0186. The van der Waals surface area contributed by atoms with Crippen molar-refractivity contribution < 1.29 is 18.9 Å². The second-order valence-corrected chi connectivity index (χ2v) is 20.2. The quantitative estimate of drug-likeness (QED) is 0.251. The average Bonchev–Trinajstić information content (AvgIpc) is 3.48. The Balaban J connectivity index is 0.00000103. The zero-order chi connectivity index (χ0) is 36.3. The number of hydrogen-bond acceptors (Lipinski definition) is 3. The molecule has 0 bridgehead atoms. The highest BCUT2D eigenvalue weighted by Crippen LogP contribution is 2.77. The normalized spacial score (nSPS) is 39.2. The molecule has 8 atom stereocenters. The fourth-order valence-corrected chi connectivity index (χ4v) is 14.1. The minimum atomic E-state index is -0.870. The van der Waals surface area contributed by atoms with Gasteiger partial charge in [-0.25, -0.2) is 4.79 Å². The van der Waals surface area contributed by atoms with Crippen LogP contribution < -0.4 is 0 Å². The number of nitrogens with zero attached hydrogens (tertiary/aromatic N) is 1. The van der Waals surface area contributed by atoms with E-state index in [2.05, 4.69) is 53.3 Å². The summed E-state index contributed by atoms with van der Waals surface area (Å²) in [5.41, 5.74) is 5.10. The van der Waals surface area contributed by atoms with E-state index < -0.39 is 16.8 Å². The van der Waals surface area contributed by atoms with Crippen LogP contribution in [0.15, 0.2) is 54.6 Å². The topological polar surface area (TPSA) is 74.7 Å². The van der Waals surface area contributed by atoms with E-state index in [4.69, 9.17) is 0 Å². The van der Waals surface area contributed by atoms with Crippen molar-refractivity contribution in [2.75, 3.05) is 24.6 Å². The van der Waals surface area contributed by atoms with E-state index in [9.17, 15) is 18.9 Å². The number of hydrogen-bond donors (Lipinski definition) is 1. The van der Waals surface area contributed by atoms with Gasteiger partial charge in [-0.1, -0.05) is 70.9 Å². The lowest BCUT2D eigenvalue weighted by Gasteiger charge is -2.72. The fraction of sp³-hybridized carbons (Fsp3) is 0.682. The summed E-state index contributed by atoms with van der Waals surface area (Å²) in [6.45, 7) is 21.6. The van der Waals surface area contributed by atoms with Crippen LogP contribution in [-0.4, -0.2) is 50.7 Å². The molecular weight excluding hydrogens is 639 g/mol. The molecule has 274 valence electrons. The Morgan fingerprint density at radius 3 is 2.16 bits per heavy atom. The van der Waals surface area contributed by atoms with Gasteiger partial charge in [-0.3, -0.25) is 9.00 Å². The summed E-state index contributed by atoms with van der Waals surface area (Å²) >= 11 is 0. The predicted molar refractivity (Wildman–Crippen MR) is 206 cm³/mol. The first-order valence-corrected chi connectivity index (χ1v) is 21.0. The Bertz CT molecular complexity index is 1580. The van der Waals surface area contributed by atoms with Crippen LogP contribution in [-0.2, 0) is 15.6 Å². The average molecular weight is 702 g/mol. The molecule has 4 saturated carbocycles. The number of amides is 1. The second-order valence-electron chi connectivity index (χ2n) is 18.5. The molecule has 2 unspecified atom stereocenters. The molecule has 5 fully saturated rings. The van der Waals surface area contributed by atoms with Gasteiger partial charge in [0.15, 0.2) is 0 Å². The van der Waals surface area contributed by atoms with Gasteiger partial charge in [0.2, 0.25) is 5.91 Å². The summed E-state index contributed by atoms with van der Waals surface area (Å²) in [6, 6.07) is 7.56. The maximum absolute atomic E-state index is 13.2. The summed E-state index contributed by atoms with van der Waals surface area (Å²) in [4.78, 5) is 26.6. The first-order chi connectivity index (χ1) is 23.5. The second kappa shape index (κ2) is 13.5. The number of fused-ring (bicyclic) bond motifs is 7. The molecule has 50 heavy (non-hydrogen) atoms. The number of carboxylic acid groups (broad SMARTS) is 1. The summed E-state index contributed by atoms with van der Waals surface area (Å²) < 4.78 is 11.8. The number of allylic oxidation sites excluding steroid dienone is 4. The molecule has 6 heteroatoms. The number of carbonyl (C=O) groups is 2. The van der Waals surface area contributed by atoms with Crippen molar-refractivity contribution >= 4 is 28.2 Å². The Morgan fingerprint density at radius 2 is 1.52 bits per heavy atom. The molecule has 1 heterocycles. The molecule has 1 aliphatic heterocycles. The van der Waals surface area contributed by atoms with E-state index in [1.54, 1.807) is 12.1 Å². The lowest BCUT2D eigenvalue weighted by Crippen LogP contribution is -2.64. The number of aromatic carboxylic acids is 1. The number of carboxylic acids is 1. The van der Waals surface area contributed by atoms with Gasteiger partial charge in [-0.05, 0) is 152 Å². The summed E-state index contributed by atoms with van der Waals surface area (Å²) in [6.07, 6.45) is 19.3. The molecule has 1 N–H and O–H groups in total. The first-order valence-electron chi connectivity index (χ1n) is 19.5. The monoisotopic (exact) mass is 701 g/mol. The van der Waals surface area contributed by atoms with Crippen LogP contribution in [0.2, 0.25) is 0 Å². The Hall–Kier alpha value is -2.47. The van der Waals surface area contributed by atoms with Gasteiger partial charge in [-0.15, -0.1) is 6.58 Å². The van der Waals surface area contributed by atoms with Crippen LogP contribution in [0.4, 0.5) is 0 Å². The lowest BCUT2D eigenvalue weighted by molar-refractivity contribution is -0.218. The molecule has 7 rings (SSSR count). The van der Waals surface area contributed by atoms with Crippen molar-refractivity contribution in [1.82, 2.24) is 4.90 Å². The highest BCUT2D eigenvalue weighted by molar-refractivity contribution is 7.85. The Morgan fingerprint density at radius 1 is 0.860 bits per heavy atom. The zero-order valence-electron chi connectivity index (χ0n) is 32.0. The van der Waals surface area contributed by atoms with Gasteiger partial charge in [0.1, 0.15) is 0 Å². The molecule has 1 aromatic carbocycles. The molecule has 0 spiro atoms. The van der Waals surface area contributed by atoms with Gasteiger partial charge in [0.25, 0.3) is 0 Å². The van der Waals surface area contributed by atoms with Gasteiger partial charge >= 0.3 is 5.97 Å². The van der Waals surface area contributed by atoms with Crippen LogP contribution in [0.5, 0.6) is 0 Å².